The molecule has 2 rings (SSSR count). The maximum Gasteiger partial charge on any atom is 0.119 e. The van der Waals surface area contributed by atoms with Gasteiger partial charge < -0.3 is 9.47 Å². The summed E-state index contributed by atoms with van der Waals surface area (Å²) in [5.41, 5.74) is 0. The van der Waals surface area contributed by atoms with Crippen LogP contribution < -0.4 is 9.47 Å². The van der Waals surface area contributed by atoms with Crippen LogP contribution in [0.2, 0.25) is 0 Å². The highest BCUT2D eigenvalue weighted by Crippen LogP contribution is 2.38. The second-order valence-electron chi connectivity index (χ2n) is 10.8. The monoisotopic (exact) mass is 558 g/mol. The molecule has 0 saturated carbocycles. The third kappa shape index (κ3) is 16.0. The summed E-state index contributed by atoms with van der Waals surface area (Å²) >= 11 is 0. The SMILES string of the molecule is CCCCCCCCCC(C)Oc1ccc(SSc2ccc(OC(C)CCCCCCCCC)cc2)cc1. The second kappa shape index (κ2) is 21.5. The van der Waals surface area contributed by atoms with Gasteiger partial charge in [0.25, 0.3) is 0 Å². The van der Waals surface area contributed by atoms with Crippen LogP contribution in [-0.4, -0.2) is 12.2 Å². The van der Waals surface area contributed by atoms with Crippen LogP contribution in [0.5, 0.6) is 11.5 Å². The first-order valence-corrected chi connectivity index (χ1v) is 17.6. The van der Waals surface area contributed by atoms with Crippen molar-refractivity contribution in [1.29, 1.82) is 0 Å². The van der Waals surface area contributed by atoms with E-state index in [1.54, 1.807) is 21.6 Å². The Morgan fingerprint density at radius 3 is 1.13 bits per heavy atom. The summed E-state index contributed by atoms with van der Waals surface area (Å²) in [6.45, 7) is 8.94. The summed E-state index contributed by atoms with van der Waals surface area (Å²) in [5, 5.41) is 0. The Labute approximate surface area is 242 Å². The molecule has 0 aliphatic heterocycles. The van der Waals surface area contributed by atoms with Gasteiger partial charge in [-0.25, -0.2) is 0 Å². The number of benzene rings is 2. The highest BCUT2D eigenvalue weighted by molar-refractivity contribution is 8.76. The first-order chi connectivity index (χ1) is 18.6. The zero-order chi connectivity index (χ0) is 27.3. The Bertz CT molecular complexity index is 737. The summed E-state index contributed by atoms with van der Waals surface area (Å²) in [4.78, 5) is 2.48. The fraction of sp³-hybridized carbons (Fsp3) is 0.647. The Balaban J connectivity index is 1.59. The van der Waals surface area contributed by atoms with Crippen molar-refractivity contribution in [1.82, 2.24) is 0 Å². The molecule has 0 aliphatic rings. The Morgan fingerprint density at radius 1 is 0.474 bits per heavy atom. The molecular weight excluding hydrogens is 505 g/mol. The highest BCUT2D eigenvalue weighted by Gasteiger charge is 2.07. The molecule has 2 nitrogen and oxygen atoms in total. The minimum absolute atomic E-state index is 0.275. The smallest absolute Gasteiger partial charge is 0.119 e. The van der Waals surface area contributed by atoms with Crippen molar-refractivity contribution in [3.63, 3.8) is 0 Å². The van der Waals surface area contributed by atoms with Gasteiger partial charge in [-0.2, -0.15) is 0 Å². The van der Waals surface area contributed by atoms with Gasteiger partial charge in [0.15, 0.2) is 0 Å². The van der Waals surface area contributed by atoms with Crippen LogP contribution in [0.4, 0.5) is 0 Å². The molecule has 2 aromatic carbocycles. The van der Waals surface area contributed by atoms with Gasteiger partial charge in [-0.1, -0.05) is 112 Å². The molecular formula is C34H54O2S2. The molecule has 2 unspecified atom stereocenters. The number of ether oxygens (including phenoxy) is 2. The van der Waals surface area contributed by atoms with Gasteiger partial charge in [0.2, 0.25) is 0 Å². The number of hydrogen-bond acceptors (Lipinski definition) is 4. The van der Waals surface area contributed by atoms with Crippen LogP contribution in [0.15, 0.2) is 58.3 Å². The molecule has 0 bridgehead atoms. The largest absolute Gasteiger partial charge is 0.491 e. The quantitative estimate of drug-likeness (QED) is 0.0996. The van der Waals surface area contributed by atoms with Gasteiger partial charge in [-0.15, -0.1) is 0 Å². The van der Waals surface area contributed by atoms with Crippen molar-refractivity contribution < 1.29 is 9.47 Å². The predicted octanol–water partition coefficient (Wildman–Crippen LogP) is 12.3. The van der Waals surface area contributed by atoms with Crippen molar-refractivity contribution in [2.24, 2.45) is 0 Å². The number of hydrogen-bond donors (Lipinski definition) is 0. The molecule has 0 N–H and O–H groups in total. The van der Waals surface area contributed by atoms with Gasteiger partial charge >= 0.3 is 0 Å². The zero-order valence-electron chi connectivity index (χ0n) is 24.7. The van der Waals surface area contributed by atoms with Crippen LogP contribution in [0, 0.1) is 0 Å². The third-order valence-corrected chi connectivity index (χ3v) is 9.40. The van der Waals surface area contributed by atoms with E-state index in [4.69, 9.17) is 9.47 Å². The molecule has 0 radical (unpaired) electrons. The zero-order valence-corrected chi connectivity index (χ0v) is 26.4. The van der Waals surface area contributed by atoms with E-state index in [1.807, 2.05) is 0 Å². The van der Waals surface area contributed by atoms with E-state index in [9.17, 15) is 0 Å². The first kappa shape index (κ1) is 32.9. The maximum atomic E-state index is 6.14. The molecule has 0 fully saturated rings. The van der Waals surface area contributed by atoms with Crippen molar-refractivity contribution in [2.45, 2.75) is 152 Å². The molecule has 2 atom stereocenters. The van der Waals surface area contributed by atoms with Crippen molar-refractivity contribution >= 4 is 21.6 Å². The average Bonchev–Trinajstić information content (AvgIpc) is 2.92. The van der Waals surface area contributed by atoms with Crippen molar-refractivity contribution in [3.05, 3.63) is 48.5 Å². The lowest BCUT2D eigenvalue weighted by molar-refractivity contribution is 0.206. The molecule has 38 heavy (non-hydrogen) atoms. The lowest BCUT2D eigenvalue weighted by Gasteiger charge is -2.15. The Kier molecular flexibility index (Phi) is 18.7. The van der Waals surface area contributed by atoms with Crippen molar-refractivity contribution in [2.75, 3.05) is 0 Å². The molecule has 0 amide bonds. The maximum absolute atomic E-state index is 6.14. The van der Waals surface area contributed by atoms with Crippen molar-refractivity contribution in [3.8, 4) is 11.5 Å². The lowest BCUT2D eigenvalue weighted by atomic mass is 10.1. The lowest BCUT2D eigenvalue weighted by Crippen LogP contribution is -2.11. The van der Waals surface area contributed by atoms with Crippen LogP contribution in [-0.2, 0) is 0 Å². The van der Waals surface area contributed by atoms with Gasteiger partial charge in [0, 0.05) is 9.79 Å². The minimum atomic E-state index is 0.275. The predicted molar refractivity (Wildman–Crippen MR) is 170 cm³/mol. The van der Waals surface area contributed by atoms with E-state index >= 15 is 0 Å². The van der Waals surface area contributed by atoms with Gasteiger partial charge in [-0.3, -0.25) is 0 Å². The number of rotatable bonds is 23. The summed E-state index contributed by atoms with van der Waals surface area (Å²) in [6, 6.07) is 17.1. The third-order valence-electron chi connectivity index (χ3n) is 6.98. The number of unbranched alkanes of at least 4 members (excludes halogenated alkanes) is 12. The molecule has 0 saturated heterocycles. The molecule has 2 aromatic rings. The molecule has 0 aliphatic carbocycles. The summed E-state index contributed by atoms with van der Waals surface area (Å²) in [5.74, 6) is 1.95. The summed E-state index contributed by atoms with van der Waals surface area (Å²) in [6.07, 6.45) is 21.7. The summed E-state index contributed by atoms with van der Waals surface area (Å²) < 4.78 is 12.3. The molecule has 4 heteroatoms. The molecule has 0 heterocycles. The Morgan fingerprint density at radius 2 is 0.789 bits per heavy atom. The van der Waals surface area contributed by atoms with E-state index in [0.717, 1.165) is 24.3 Å². The van der Waals surface area contributed by atoms with Crippen LogP contribution in [0.3, 0.4) is 0 Å². The van der Waals surface area contributed by atoms with Gasteiger partial charge in [-0.05, 0) is 88.1 Å². The second-order valence-corrected chi connectivity index (χ2v) is 13.1. The Hall–Kier alpha value is -1.26. The van der Waals surface area contributed by atoms with E-state index in [-0.39, 0.29) is 12.2 Å². The van der Waals surface area contributed by atoms with Crippen LogP contribution in [0.1, 0.15) is 130 Å². The van der Waals surface area contributed by atoms with E-state index < -0.39 is 0 Å². The minimum Gasteiger partial charge on any atom is -0.491 e. The van der Waals surface area contributed by atoms with E-state index in [0.29, 0.717) is 0 Å². The summed E-state index contributed by atoms with van der Waals surface area (Å²) in [7, 11) is 3.57. The van der Waals surface area contributed by atoms with Crippen LogP contribution >= 0.6 is 21.6 Å². The van der Waals surface area contributed by atoms with Gasteiger partial charge in [0.1, 0.15) is 11.5 Å². The highest BCUT2D eigenvalue weighted by atomic mass is 33.1. The topological polar surface area (TPSA) is 18.5 Å². The molecule has 0 aromatic heterocycles. The first-order valence-electron chi connectivity index (χ1n) is 15.5. The average molecular weight is 559 g/mol. The van der Waals surface area contributed by atoms with E-state index in [1.165, 1.54) is 99.7 Å². The molecule has 214 valence electrons. The molecule has 0 spiro atoms. The van der Waals surface area contributed by atoms with Crippen LogP contribution in [0.25, 0.3) is 0 Å². The normalized spacial score (nSPS) is 12.8. The van der Waals surface area contributed by atoms with E-state index in [2.05, 4.69) is 76.2 Å². The van der Waals surface area contributed by atoms with Gasteiger partial charge in [0.05, 0.1) is 12.2 Å². The fourth-order valence-corrected chi connectivity index (χ4v) is 6.53. The standard InChI is InChI=1S/C34H54O2S2/c1-5-7-9-11-13-15-17-19-29(3)35-31-21-25-33(26-22-31)37-38-34-27-23-32(24-28-34)36-30(4)20-18-16-14-12-10-8-6-2/h21-30H,5-20H2,1-4H3. The fourth-order valence-electron chi connectivity index (χ4n) is 4.60.